The smallest absolute Gasteiger partial charge is 0.282 e. The van der Waals surface area contributed by atoms with Crippen molar-refractivity contribution in [1.29, 1.82) is 0 Å². The first-order valence-corrected chi connectivity index (χ1v) is 9.01. The Bertz CT molecular complexity index is 899. The lowest BCUT2D eigenvalue weighted by Gasteiger charge is -2.12. The van der Waals surface area contributed by atoms with E-state index in [4.69, 9.17) is 16.3 Å². The third kappa shape index (κ3) is 3.50. The molecule has 0 saturated carbocycles. The number of rotatable bonds is 5. The molecule has 0 bridgehead atoms. The third-order valence-electron chi connectivity index (χ3n) is 3.71. The molecule has 0 N–H and O–H groups in total. The molecule has 7 heteroatoms. The molecule has 2 aromatic carbocycles. The number of alkyl halides is 2. The first-order valence-electron chi connectivity index (χ1n) is 7.40. The highest BCUT2D eigenvalue weighted by Crippen LogP contribution is 2.35. The van der Waals surface area contributed by atoms with Crippen LogP contribution in [0.15, 0.2) is 53.4 Å². The SMILES string of the molecule is COc1ccc(-n2nc(C(F)F)cc2-c2ccccc2SC)cc1Cl. The first-order chi connectivity index (χ1) is 12.0. The number of ether oxygens (including phenoxy) is 1. The van der Waals surface area contributed by atoms with Gasteiger partial charge in [0.25, 0.3) is 6.43 Å². The fourth-order valence-corrected chi connectivity index (χ4v) is 3.40. The van der Waals surface area contributed by atoms with Gasteiger partial charge in [0.2, 0.25) is 0 Å². The Morgan fingerprint density at radius 2 is 1.92 bits per heavy atom. The van der Waals surface area contributed by atoms with Gasteiger partial charge in [0.15, 0.2) is 0 Å². The van der Waals surface area contributed by atoms with Gasteiger partial charge >= 0.3 is 0 Å². The topological polar surface area (TPSA) is 27.1 Å². The van der Waals surface area contributed by atoms with Crippen molar-refractivity contribution in [3.8, 4) is 22.7 Å². The van der Waals surface area contributed by atoms with Crippen LogP contribution in [0.4, 0.5) is 8.78 Å². The molecule has 3 nitrogen and oxygen atoms in total. The van der Waals surface area contributed by atoms with Crippen molar-refractivity contribution >= 4 is 23.4 Å². The minimum absolute atomic E-state index is 0.280. The molecular formula is C18H15ClF2N2OS. The van der Waals surface area contributed by atoms with E-state index in [-0.39, 0.29) is 5.69 Å². The number of hydrogen-bond acceptors (Lipinski definition) is 3. The maximum absolute atomic E-state index is 13.2. The lowest BCUT2D eigenvalue weighted by Crippen LogP contribution is -2.01. The Morgan fingerprint density at radius 1 is 1.16 bits per heavy atom. The summed E-state index contributed by atoms with van der Waals surface area (Å²) in [6.07, 6.45) is -0.715. The largest absolute Gasteiger partial charge is 0.495 e. The van der Waals surface area contributed by atoms with Gasteiger partial charge in [0, 0.05) is 10.5 Å². The molecule has 1 aromatic heterocycles. The van der Waals surface area contributed by atoms with Crippen molar-refractivity contribution in [3.05, 3.63) is 59.2 Å². The van der Waals surface area contributed by atoms with E-state index >= 15 is 0 Å². The van der Waals surface area contributed by atoms with Gasteiger partial charge in [-0.1, -0.05) is 29.8 Å². The monoisotopic (exact) mass is 380 g/mol. The van der Waals surface area contributed by atoms with Gasteiger partial charge in [-0.3, -0.25) is 0 Å². The second-order valence-corrected chi connectivity index (χ2v) is 6.44. The van der Waals surface area contributed by atoms with Crippen molar-refractivity contribution < 1.29 is 13.5 Å². The van der Waals surface area contributed by atoms with Gasteiger partial charge in [0.1, 0.15) is 11.4 Å². The second kappa shape index (κ2) is 7.45. The Morgan fingerprint density at radius 3 is 2.56 bits per heavy atom. The molecule has 0 aliphatic carbocycles. The Labute approximate surface area is 153 Å². The van der Waals surface area contributed by atoms with E-state index < -0.39 is 6.43 Å². The highest BCUT2D eigenvalue weighted by atomic mass is 35.5. The van der Waals surface area contributed by atoms with Crippen LogP contribution < -0.4 is 4.74 Å². The summed E-state index contributed by atoms with van der Waals surface area (Å²) in [5.74, 6) is 0.512. The lowest BCUT2D eigenvalue weighted by atomic mass is 10.1. The summed E-state index contributed by atoms with van der Waals surface area (Å²) in [6.45, 7) is 0. The summed E-state index contributed by atoms with van der Waals surface area (Å²) in [5, 5.41) is 4.47. The molecule has 0 radical (unpaired) electrons. The van der Waals surface area contributed by atoms with E-state index in [0.29, 0.717) is 22.2 Å². The van der Waals surface area contributed by atoms with Gasteiger partial charge in [-0.15, -0.1) is 11.8 Å². The van der Waals surface area contributed by atoms with E-state index in [2.05, 4.69) is 5.10 Å². The minimum Gasteiger partial charge on any atom is -0.495 e. The van der Waals surface area contributed by atoms with Gasteiger partial charge in [-0.25, -0.2) is 13.5 Å². The summed E-state index contributed by atoms with van der Waals surface area (Å²) < 4.78 is 33.1. The molecule has 3 aromatic rings. The second-order valence-electron chi connectivity index (χ2n) is 5.19. The molecular weight excluding hydrogens is 366 g/mol. The van der Waals surface area contributed by atoms with Crippen molar-refractivity contribution in [1.82, 2.24) is 9.78 Å². The molecule has 1 heterocycles. The maximum Gasteiger partial charge on any atom is 0.282 e. The van der Waals surface area contributed by atoms with Crippen LogP contribution in [-0.4, -0.2) is 23.1 Å². The molecule has 0 fully saturated rings. The van der Waals surface area contributed by atoms with Crippen LogP contribution in [0.2, 0.25) is 5.02 Å². The first kappa shape index (κ1) is 17.8. The van der Waals surface area contributed by atoms with Crippen LogP contribution >= 0.6 is 23.4 Å². The average molecular weight is 381 g/mol. The predicted octanol–water partition coefficient (Wildman–Crippen LogP) is 5.86. The summed E-state index contributed by atoms with van der Waals surface area (Å²) in [5.41, 5.74) is 1.73. The summed E-state index contributed by atoms with van der Waals surface area (Å²) in [6, 6.07) is 14.1. The molecule has 0 aliphatic heterocycles. The zero-order valence-electron chi connectivity index (χ0n) is 13.5. The Balaban J connectivity index is 2.21. The highest BCUT2D eigenvalue weighted by molar-refractivity contribution is 7.98. The van der Waals surface area contributed by atoms with E-state index in [0.717, 1.165) is 10.5 Å². The van der Waals surface area contributed by atoms with Crippen LogP contribution in [0, 0.1) is 0 Å². The van der Waals surface area contributed by atoms with Crippen LogP contribution in [0.5, 0.6) is 5.75 Å². The van der Waals surface area contributed by atoms with Crippen LogP contribution in [0.3, 0.4) is 0 Å². The van der Waals surface area contributed by atoms with E-state index in [1.54, 1.807) is 30.0 Å². The van der Waals surface area contributed by atoms with Crippen molar-refractivity contribution in [3.63, 3.8) is 0 Å². The van der Waals surface area contributed by atoms with Crippen LogP contribution in [0.1, 0.15) is 12.1 Å². The molecule has 0 saturated heterocycles. The number of methoxy groups -OCH3 is 1. The molecule has 0 atom stereocenters. The fraction of sp³-hybridized carbons (Fsp3) is 0.167. The number of benzene rings is 2. The Hall–Kier alpha value is -2.05. The number of thioether (sulfide) groups is 1. The van der Waals surface area contributed by atoms with Gasteiger partial charge in [0.05, 0.1) is 23.5 Å². The quantitative estimate of drug-likeness (QED) is 0.518. The minimum atomic E-state index is -2.66. The number of halogens is 3. The van der Waals surface area contributed by atoms with Crippen LogP contribution in [0.25, 0.3) is 16.9 Å². The molecule has 25 heavy (non-hydrogen) atoms. The molecule has 130 valence electrons. The van der Waals surface area contributed by atoms with Crippen molar-refractivity contribution in [2.24, 2.45) is 0 Å². The number of aromatic nitrogens is 2. The average Bonchev–Trinajstić information content (AvgIpc) is 3.07. The molecule has 0 amide bonds. The zero-order valence-corrected chi connectivity index (χ0v) is 15.1. The number of nitrogens with zero attached hydrogens (tertiary/aromatic N) is 2. The van der Waals surface area contributed by atoms with Gasteiger partial charge in [-0.2, -0.15) is 5.10 Å². The summed E-state index contributed by atoms with van der Waals surface area (Å²) in [7, 11) is 1.52. The number of hydrogen-bond donors (Lipinski definition) is 0. The maximum atomic E-state index is 13.2. The van der Waals surface area contributed by atoms with E-state index in [1.165, 1.54) is 17.9 Å². The molecule has 0 spiro atoms. The zero-order chi connectivity index (χ0) is 18.0. The lowest BCUT2D eigenvalue weighted by molar-refractivity contribution is 0.145. The third-order valence-corrected chi connectivity index (χ3v) is 4.81. The fourth-order valence-electron chi connectivity index (χ4n) is 2.54. The molecule has 0 unspecified atom stereocenters. The van der Waals surface area contributed by atoms with Gasteiger partial charge < -0.3 is 4.74 Å². The van der Waals surface area contributed by atoms with Crippen molar-refractivity contribution in [2.45, 2.75) is 11.3 Å². The van der Waals surface area contributed by atoms with Crippen LogP contribution in [-0.2, 0) is 0 Å². The van der Waals surface area contributed by atoms with Crippen molar-refractivity contribution in [2.75, 3.05) is 13.4 Å². The summed E-state index contributed by atoms with van der Waals surface area (Å²) in [4.78, 5) is 0.976. The standard InChI is InChI=1S/C18H15ClF2N2OS/c1-24-16-8-7-11(9-13(16)19)23-15(10-14(22-23)18(20)21)12-5-3-4-6-17(12)25-2/h3-10,18H,1-2H3. The summed E-state index contributed by atoms with van der Waals surface area (Å²) >= 11 is 7.73. The highest BCUT2D eigenvalue weighted by Gasteiger charge is 2.19. The van der Waals surface area contributed by atoms with E-state index in [9.17, 15) is 8.78 Å². The predicted molar refractivity (Wildman–Crippen MR) is 97.3 cm³/mol. The van der Waals surface area contributed by atoms with Gasteiger partial charge in [-0.05, 0) is 36.6 Å². The Kier molecular flexibility index (Phi) is 5.30. The normalized spacial score (nSPS) is 11.1. The van der Waals surface area contributed by atoms with E-state index in [1.807, 2.05) is 30.5 Å². The molecule has 0 aliphatic rings. The molecule has 3 rings (SSSR count).